The highest BCUT2D eigenvalue weighted by molar-refractivity contribution is 5.53. The second kappa shape index (κ2) is 6.00. The van der Waals surface area contributed by atoms with Gasteiger partial charge in [-0.25, -0.2) is 4.98 Å². The van der Waals surface area contributed by atoms with E-state index in [-0.39, 0.29) is 11.5 Å². The van der Waals surface area contributed by atoms with Gasteiger partial charge in [-0.1, -0.05) is 0 Å². The number of anilines is 2. The summed E-state index contributed by atoms with van der Waals surface area (Å²) in [4.78, 5) is 22.4. The fourth-order valence-electron chi connectivity index (χ4n) is 2.42. The molecule has 2 rings (SSSR count). The Bertz CT molecular complexity index is 487. The minimum atomic E-state index is -0.573. The molecule has 8 nitrogen and oxygen atoms in total. The van der Waals surface area contributed by atoms with E-state index in [0.29, 0.717) is 11.9 Å². The zero-order valence-corrected chi connectivity index (χ0v) is 11.8. The van der Waals surface area contributed by atoms with Crippen molar-refractivity contribution in [3.63, 3.8) is 0 Å². The van der Waals surface area contributed by atoms with Crippen LogP contribution in [0.3, 0.4) is 0 Å². The van der Waals surface area contributed by atoms with E-state index in [1.807, 2.05) is 11.9 Å². The molecule has 8 heteroatoms. The number of nitrogens with two attached hydrogens (primary N) is 1. The topological polar surface area (TPSA) is 101 Å². The summed E-state index contributed by atoms with van der Waals surface area (Å²) in [5, 5.41) is 10.7. The van der Waals surface area contributed by atoms with E-state index in [1.54, 1.807) is 0 Å². The Balaban J connectivity index is 2.00. The van der Waals surface area contributed by atoms with Crippen molar-refractivity contribution in [2.75, 3.05) is 44.4 Å². The number of hydrogen-bond donors (Lipinski definition) is 1. The van der Waals surface area contributed by atoms with Crippen LogP contribution in [0.2, 0.25) is 0 Å². The molecule has 1 aromatic rings. The number of likely N-dealkylation sites (tertiary alicyclic amines) is 1. The first-order chi connectivity index (χ1) is 9.47. The monoisotopic (exact) mass is 280 g/mol. The standard InChI is InChI=1S/C12H20N6O2/c1-16-5-3-9(4-6-16)8-17(2)12-14-7-10(18(19)20)11(13)15-12/h7,9H,3-6,8H2,1-2H3,(H2,13,14,15). The minimum Gasteiger partial charge on any atom is -0.378 e. The molecule has 0 radical (unpaired) electrons. The maximum absolute atomic E-state index is 10.7. The molecule has 0 aliphatic carbocycles. The van der Waals surface area contributed by atoms with Gasteiger partial charge >= 0.3 is 5.69 Å². The Morgan fingerprint density at radius 1 is 1.55 bits per heavy atom. The number of aromatic nitrogens is 2. The lowest BCUT2D eigenvalue weighted by atomic mass is 9.97. The van der Waals surface area contributed by atoms with E-state index in [1.165, 1.54) is 6.20 Å². The lowest BCUT2D eigenvalue weighted by molar-refractivity contribution is -0.384. The first-order valence-electron chi connectivity index (χ1n) is 6.64. The molecule has 2 heterocycles. The lowest BCUT2D eigenvalue weighted by Crippen LogP contribution is -2.36. The van der Waals surface area contributed by atoms with Gasteiger partial charge in [-0.05, 0) is 38.9 Å². The van der Waals surface area contributed by atoms with Crippen LogP contribution in [0.5, 0.6) is 0 Å². The Kier molecular flexibility index (Phi) is 4.33. The highest BCUT2D eigenvalue weighted by Gasteiger charge is 2.21. The third kappa shape index (κ3) is 3.32. The average Bonchev–Trinajstić information content (AvgIpc) is 2.40. The van der Waals surface area contributed by atoms with Crippen LogP contribution in [0.1, 0.15) is 12.8 Å². The molecule has 0 amide bonds. The van der Waals surface area contributed by atoms with E-state index in [0.717, 1.165) is 32.5 Å². The van der Waals surface area contributed by atoms with E-state index in [9.17, 15) is 10.1 Å². The summed E-state index contributed by atoms with van der Waals surface area (Å²) < 4.78 is 0. The predicted octanol–water partition coefficient (Wildman–Crippen LogP) is 0.745. The number of nitrogens with zero attached hydrogens (tertiary/aromatic N) is 5. The van der Waals surface area contributed by atoms with E-state index in [4.69, 9.17) is 5.73 Å². The van der Waals surface area contributed by atoms with E-state index in [2.05, 4.69) is 21.9 Å². The van der Waals surface area contributed by atoms with Crippen molar-refractivity contribution in [3.8, 4) is 0 Å². The molecule has 1 saturated heterocycles. The van der Waals surface area contributed by atoms with Crippen LogP contribution in [0, 0.1) is 16.0 Å². The van der Waals surface area contributed by atoms with Gasteiger partial charge in [0, 0.05) is 13.6 Å². The van der Waals surface area contributed by atoms with Gasteiger partial charge in [0.05, 0.1) is 4.92 Å². The van der Waals surface area contributed by atoms with Gasteiger partial charge in [0.25, 0.3) is 0 Å². The third-order valence-corrected chi connectivity index (χ3v) is 3.69. The second-order valence-electron chi connectivity index (χ2n) is 5.32. The summed E-state index contributed by atoms with van der Waals surface area (Å²) in [5.41, 5.74) is 5.34. The highest BCUT2D eigenvalue weighted by atomic mass is 16.6. The molecule has 110 valence electrons. The summed E-state index contributed by atoms with van der Waals surface area (Å²) >= 11 is 0. The zero-order valence-electron chi connectivity index (χ0n) is 11.8. The predicted molar refractivity (Wildman–Crippen MR) is 76.6 cm³/mol. The van der Waals surface area contributed by atoms with Crippen molar-refractivity contribution in [1.82, 2.24) is 14.9 Å². The fourth-order valence-corrected chi connectivity index (χ4v) is 2.42. The van der Waals surface area contributed by atoms with Crippen molar-refractivity contribution < 1.29 is 4.92 Å². The number of hydrogen-bond acceptors (Lipinski definition) is 7. The fraction of sp³-hybridized carbons (Fsp3) is 0.667. The van der Waals surface area contributed by atoms with Crippen LogP contribution in [0.4, 0.5) is 17.5 Å². The molecule has 2 N–H and O–H groups in total. The van der Waals surface area contributed by atoms with E-state index < -0.39 is 4.92 Å². The largest absolute Gasteiger partial charge is 0.378 e. The summed E-state index contributed by atoms with van der Waals surface area (Å²) in [7, 11) is 4.01. The first kappa shape index (κ1) is 14.4. The van der Waals surface area contributed by atoms with Crippen molar-refractivity contribution in [2.45, 2.75) is 12.8 Å². The van der Waals surface area contributed by atoms with Crippen LogP contribution in [-0.4, -0.2) is 53.5 Å². The molecule has 0 spiro atoms. The zero-order chi connectivity index (χ0) is 14.7. The molecule has 0 unspecified atom stereocenters. The summed E-state index contributed by atoms with van der Waals surface area (Å²) in [6.45, 7) is 3.04. The minimum absolute atomic E-state index is 0.0878. The number of piperidine rings is 1. The Labute approximate surface area is 117 Å². The van der Waals surface area contributed by atoms with Crippen LogP contribution in [0.25, 0.3) is 0 Å². The maximum Gasteiger partial charge on any atom is 0.329 e. The molecular formula is C12H20N6O2. The van der Waals surface area contributed by atoms with Crippen LogP contribution in [-0.2, 0) is 0 Å². The highest BCUT2D eigenvalue weighted by Crippen LogP contribution is 2.22. The Morgan fingerprint density at radius 2 is 2.20 bits per heavy atom. The molecule has 0 aromatic carbocycles. The Morgan fingerprint density at radius 3 is 2.75 bits per heavy atom. The summed E-state index contributed by atoms with van der Waals surface area (Å²) in [5.74, 6) is 0.943. The van der Waals surface area contributed by atoms with E-state index >= 15 is 0 Å². The number of nitro groups is 1. The lowest BCUT2D eigenvalue weighted by Gasteiger charge is -2.31. The van der Waals surface area contributed by atoms with Crippen molar-refractivity contribution >= 4 is 17.5 Å². The molecule has 0 saturated carbocycles. The molecule has 1 fully saturated rings. The molecular weight excluding hydrogens is 260 g/mol. The molecule has 20 heavy (non-hydrogen) atoms. The van der Waals surface area contributed by atoms with Crippen molar-refractivity contribution in [1.29, 1.82) is 0 Å². The second-order valence-corrected chi connectivity index (χ2v) is 5.32. The molecule has 0 bridgehead atoms. The van der Waals surface area contributed by atoms with Crippen molar-refractivity contribution in [2.24, 2.45) is 5.92 Å². The number of rotatable bonds is 4. The quantitative estimate of drug-likeness (QED) is 0.641. The average molecular weight is 280 g/mol. The van der Waals surface area contributed by atoms with Gasteiger partial charge < -0.3 is 15.5 Å². The normalized spacial score (nSPS) is 17.1. The molecule has 0 atom stereocenters. The van der Waals surface area contributed by atoms with Gasteiger partial charge in [-0.15, -0.1) is 0 Å². The Hall–Kier alpha value is -1.96. The maximum atomic E-state index is 10.7. The third-order valence-electron chi connectivity index (χ3n) is 3.69. The molecule has 1 aromatic heterocycles. The first-order valence-corrected chi connectivity index (χ1v) is 6.64. The summed E-state index contributed by atoms with van der Waals surface area (Å²) in [6, 6.07) is 0. The summed E-state index contributed by atoms with van der Waals surface area (Å²) in [6.07, 6.45) is 3.45. The van der Waals surface area contributed by atoms with Crippen LogP contribution >= 0.6 is 0 Å². The van der Waals surface area contributed by atoms with Gasteiger partial charge in [-0.3, -0.25) is 10.1 Å². The molecule has 1 aliphatic heterocycles. The van der Waals surface area contributed by atoms with Crippen LogP contribution in [0.15, 0.2) is 6.20 Å². The van der Waals surface area contributed by atoms with Crippen molar-refractivity contribution in [3.05, 3.63) is 16.3 Å². The van der Waals surface area contributed by atoms with Gasteiger partial charge in [0.15, 0.2) is 0 Å². The smallest absolute Gasteiger partial charge is 0.329 e. The molecule has 1 aliphatic rings. The van der Waals surface area contributed by atoms with Gasteiger partial charge in [-0.2, -0.15) is 4.98 Å². The van der Waals surface area contributed by atoms with Gasteiger partial charge in [0.2, 0.25) is 11.8 Å². The van der Waals surface area contributed by atoms with Crippen LogP contribution < -0.4 is 10.6 Å². The van der Waals surface area contributed by atoms with Gasteiger partial charge in [0.1, 0.15) is 6.20 Å². The number of nitrogen functional groups attached to an aromatic ring is 1. The SMILES string of the molecule is CN1CCC(CN(C)c2ncc([N+](=O)[O-])c(N)n2)CC1.